The zero-order chi connectivity index (χ0) is 30.5. The average Bonchev–Trinajstić information content (AvgIpc) is 3.59. The van der Waals surface area contributed by atoms with Crippen LogP contribution in [0.2, 0.25) is 0 Å². The molecule has 0 aromatic heterocycles. The Morgan fingerprint density at radius 3 is 1.87 bits per heavy atom. The molecule has 218 valence electrons. The summed E-state index contributed by atoms with van der Waals surface area (Å²) in [5.41, 5.74) is 7.78. The van der Waals surface area contributed by atoms with Gasteiger partial charge >= 0.3 is 0 Å². The molecule has 3 heteroatoms. The van der Waals surface area contributed by atoms with Crippen molar-refractivity contribution >= 4 is 55.1 Å². The molecule has 1 unspecified atom stereocenters. The molecule has 46 heavy (non-hydrogen) atoms. The first kappa shape index (κ1) is 26.4. The molecular formula is C43H30N2O. The topological polar surface area (TPSA) is 24.5 Å². The van der Waals surface area contributed by atoms with Crippen LogP contribution in [0.15, 0.2) is 170 Å². The van der Waals surface area contributed by atoms with Crippen molar-refractivity contribution in [1.29, 1.82) is 0 Å². The van der Waals surface area contributed by atoms with Crippen molar-refractivity contribution in [2.24, 2.45) is 0 Å². The van der Waals surface area contributed by atoms with Crippen molar-refractivity contribution in [3.63, 3.8) is 0 Å². The van der Waals surface area contributed by atoms with Gasteiger partial charge in [0, 0.05) is 33.4 Å². The fraction of sp³-hybridized carbons (Fsp3) is 0.0233. The Balaban J connectivity index is 1.27. The van der Waals surface area contributed by atoms with Gasteiger partial charge < -0.3 is 15.0 Å². The van der Waals surface area contributed by atoms with E-state index in [-0.39, 0.29) is 6.23 Å². The van der Waals surface area contributed by atoms with E-state index in [0.29, 0.717) is 0 Å². The predicted octanol–water partition coefficient (Wildman–Crippen LogP) is 11.8. The SMILES string of the molecule is c1ccc(-c2ccc3c(c2)c2c(c4cc(N(c5ccccc5)c5ccc6ccccc6c5)ccc43)NC(c3ccccc3)O2)cc1. The maximum atomic E-state index is 6.80. The van der Waals surface area contributed by atoms with E-state index in [1.807, 2.05) is 6.07 Å². The summed E-state index contributed by atoms with van der Waals surface area (Å²) in [4.78, 5) is 2.34. The van der Waals surface area contributed by atoms with Crippen LogP contribution in [0.25, 0.3) is 43.4 Å². The molecule has 0 radical (unpaired) electrons. The van der Waals surface area contributed by atoms with Crippen LogP contribution in [0.4, 0.5) is 22.7 Å². The zero-order valence-corrected chi connectivity index (χ0v) is 25.1. The maximum absolute atomic E-state index is 6.80. The van der Waals surface area contributed by atoms with E-state index in [1.54, 1.807) is 0 Å². The van der Waals surface area contributed by atoms with Gasteiger partial charge in [0.1, 0.15) is 0 Å². The molecule has 0 amide bonds. The summed E-state index contributed by atoms with van der Waals surface area (Å²) in [5, 5.41) is 10.8. The van der Waals surface area contributed by atoms with Gasteiger partial charge in [0.05, 0.1) is 5.69 Å². The first-order valence-corrected chi connectivity index (χ1v) is 15.7. The van der Waals surface area contributed by atoms with E-state index in [1.165, 1.54) is 32.7 Å². The van der Waals surface area contributed by atoms with Crippen LogP contribution in [0.3, 0.4) is 0 Å². The highest BCUT2D eigenvalue weighted by atomic mass is 16.5. The normalized spacial score (nSPS) is 13.8. The van der Waals surface area contributed by atoms with Crippen molar-refractivity contribution in [3.05, 3.63) is 175 Å². The Bertz CT molecular complexity index is 2370. The molecule has 0 bridgehead atoms. The molecule has 0 aliphatic carbocycles. The van der Waals surface area contributed by atoms with Crippen LogP contribution in [-0.4, -0.2) is 0 Å². The molecule has 9 rings (SSSR count). The Hall–Kier alpha value is -6.06. The minimum Gasteiger partial charge on any atom is -0.464 e. The van der Waals surface area contributed by atoms with Gasteiger partial charge in [-0.2, -0.15) is 0 Å². The summed E-state index contributed by atoms with van der Waals surface area (Å²) < 4.78 is 6.80. The highest BCUT2D eigenvalue weighted by Crippen LogP contribution is 2.50. The fourth-order valence-corrected chi connectivity index (χ4v) is 6.81. The molecule has 0 saturated carbocycles. The van der Waals surface area contributed by atoms with Crippen molar-refractivity contribution in [2.75, 3.05) is 10.2 Å². The molecule has 8 aromatic carbocycles. The summed E-state index contributed by atoms with van der Waals surface area (Å²) in [5.74, 6) is 0.892. The monoisotopic (exact) mass is 590 g/mol. The van der Waals surface area contributed by atoms with Crippen LogP contribution in [-0.2, 0) is 0 Å². The van der Waals surface area contributed by atoms with E-state index < -0.39 is 0 Å². The molecule has 1 heterocycles. The Kier molecular flexibility index (Phi) is 6.20. The second kappa shape index (κ2) is 10.8. The summed E-state index contributed by atoms with van der Waals surface area (Å²) in [6.45, 7) is 0. The van der Waals surface area contributed by atoms with Gasteiger partial charge in [0.25, 0.3) is 0 Å². The largest absolute Gasteiger partial charge is 0.464 e. The number of para-hydroxylation sites is 1. The van der Waals surface area contributed by atoms with Crippen LogP contribution in [0, 0.1) is 0 Å². The van der Waals surface area contributed by atoms with Crippen LogP contribution < -0.4 is 15.0 Å². The lowest BCUT2D eigenvalue weighted by molar-refractivity contribution is 0.262. The second-order valence-corrected chi connectivity index (χ2v) is 11.8. The van der Waals surface area contributed by atoms with E-state index in [9.17, 15) is 0 Å². The van der Waals surface area contributed by atoms with Crippen LogP contribution in [0.1, 0.15) is 11.8 Å². The van der Waals surface area contributed by atoms with Crippen LogP contribution in [0.5, 0.6) is 5.75 Å². The molecule has 0 fully saturated rings. The average molecular weight is 591 g/mol. The fourth-order valence-electron chi connectivity index (χ4n) is 6.81. The van der Waals surface area contributed by atoms with Gasteiger partial charge in [-0.15, -0.1) is 0 Å². The number of benzene rings is 8. The van der Waals surface area contributed by atoms with Gasteiger partial charge in [-0.25, -0.2) is 0 Å². The van der Waals surface area contributed by atoms with Gasteiger partial charge in [0.15, 0.2) is 12.0 Å². The number of nitrogens with zero attached hydrogens (tertiary/aromatic N) is 1. The summed E-state index contributed by atoms with van der Waals surface area (Å²) in [7, 11) is 0. The Morgan fingerprint density at radius 1 is 0.435 bits per heavy atom. The first-order valence-electron chi connectivity index (χ1n) is 15.7. The van der Waals surface area contributed by atoms with E-state index in [4.69, 9.17) is 4.74 Å². The van der Waals surface area contributed by atoms with Gasteiger partial charge in [0.2, 0.25) is 0 Å². The minimum absolute atomic E-state index is 0.278. The summed E-state index contributed by atoms with van der Waals surface area (Å²) >= 11 is 0. The number of anilines is 4. The molecule has 8 aromatic rings. The number of hydrogen-bond donors (Lipinski definition) is 1. The summed E-state index contributed by atoms with van der Waals surface area (Å²) in [6.07, 6.45) is -0.278. The third-order valence-corrected chi connectivity index (χ3v) is 9.04. The third kappa shape index (κ3) is 4.44. The summed E-state index contributed by atoms with van der Waals surface area (Å²) in [6, 6.07) is 60.3. The van der Waals surface area contributed by atoms with Crippen molar-refractivity contribution < 1.29 is 4.74 Å². The third-order valence-electron chi connectivity index (χ3n) is 9.04. The molecule has 0 saturated heterocycles. The van der Waals surface area contributed by atoms with E-state index >= 15 is 0 Å². The van der Waals surface area contributed by atoms with Gasteiger partial charge in [-0.05, 0) is 75.1 Å². The van der Waals surface area contributed by atoms with Gasteiger partial charge in [-0.1, -0.05) is 127 Å². The minimum atomic E-state index is -0.278. The number of ether oxygens (including phenoxy) is 1. The highest BCUT2D eigenvalue weighted by Gasteiger charge is 2.29. The zero-order valence-electron chi connectivity index (χ0n) is 25.1. The van der Waals surface area contributed by atoms with Gasteiger partial charge in [-0.3, -0.25) is 0 Å². The Labute approximate surface area is 267 Å². The Morgan fingerprint density at radius 2 is 1.07 bits per heavy atom. The number of nitrogens with one attached hydrogen (secondary N) is 1. The highest BCUT2D eigenvalue weighted by molar-refractivity contribution is 6.19. The predicted molar refractivity (Wildman–Crippen MR) is 193 cm³/mol. The number of fused-ring (bicyclic) bond motifs is 7. The quantitative estimate of drug-likeness (QED) is 0.202. The standard InChI is InChI=1S/C43H30N2O/c1-4-12-29(13-5-1)33-21-24-38-37-25-23-36(28-39(37)41-42(40(38)27-33)46-43(44-41)31-15-6-2-7-16-31)45(34-18-8-3-9-19-34)35-22-20-30-14-10-11-17-32(30)26-35/h1-28,43-44H. The van der Waals surface area contributed by atoms with E-state index in [2.05, 4.69) is 174 Å². The van der Waals surface area contributed by atoms with Crippen molar-refractivity contribution in [3.8, 4) is 16.9 Å². The maximum Gasteiger partial charge on any atom is 0.196 e. The molecular weight excluding hydrogens is 560 g/mol. The molecule has 1 atom stereocenters. The number of rotatable bonds is 5. The number of hydrogen-bond acceptors (Lipinski definition) is 3. The molecule has 0 spiro atoms. The lowest BCUT2D eigenvalue weighted by Crippen LogP contribution is -2.10. The molecule has 1 aliphatic heterocycles. The molecule has 3 nitrogen and oxygen atoms in total. The van der Waals surface area contributed by atoms with E-state index in [0.717, 1.165) is 44.8 Å². The smallest absolute Gasteiger partial charge is 0.196 e. The molecule has 1 aliphatic rings. The van der Waals surface area contributed by atoms with Crippen molar-refractivity contribution in [1.82, 2.24) is 0 Å². The first-order chi connectivity index (χ1) is 22.8. The second-order valence-electron chi connectivity index (χ2n) is 11.8. The van der Waals surface area contributed by atoms with Crippen molar-refractivity contribution in [2.45, 2.75) is 6.23 Å². The lowest BCUT2D eigenvalue weighted by Gasteiger charge is -2.26. The van der Waals surface area contributed by atoms with Crippen LogP contribution >= 0.6 is 0 Å². The lowest BCUT2D eigenvalue weighted by atomic mass is 9.95. The molecule has 1 N–H and O–H groups in total.